The molecule has 0 saturated heterocycles. The van der Waals surface area contributed by atoms with E-state index < -0.39 is 6.10 Å². The Labute approximate surface area is 120 Å². The van der Waals surface area contributed by atoms with Crippen molar-refractivity contribution in [1.82, 2.24) is 5.32 Å². The van der Waals surface area contributed by atoms with Gasteiger partial charge >= 0.3 is 6.03 Å². The van der Waals surface area contributed by atoms with Crippen LogP contribution in [0.2, 0.25) is 0 Å². The van der Waals surface area contributed by atoms with E-state index in [2.05, 4.69) is 28.6 Å². The first-order chi connectivity index (χ1) is 9.60. The van der Waals surface area contributed by atoms with E-state index in [9.17, 15) is 9.90 Å². The summed E-state index contributed by atoms with van der Waals surface area (Å²) in [6, 6.07) is 5.69. The molecule has 1 aromatic carbocycles. The maximum absolute atomic E-state index is 11.8. The molecule has 20 heavy (non-hydrogen) atoms. The van der Waals surface area contributed by atoms with Crippen LogP contribution in [0.15, 0.2) is 18.2 Å². The molecule has 1 aliphatic heterocycles. The molecular formula is C15H23N3O2. The van der Waals surface area contributed by atoms with Crippen molar-refractivity contribution in [1.29, 1.82) is 0 Å². The first-order valence-corrected chi connectivity index (χ1v) is 7.17. The Kier molecular flexibility index (Phi) is 4.84. The number of urea groups is 1. The zero-order chi connectivity index (χ0) is 14.5. The van der Waals surface area contributed by atoms with Crippen LogP contribution in [0.5, 0.6) is 0 Å². The summed E-state index contributed by atoms with van der Waals surface area (Å²) in [6.07, 6.45) is 2.18. The molecule has 0 aromatic heterocycles. The van der Waals surface area contributed by atoms with E-state index in [0.717, 1.165) is 25.1 Å². The lowest BCUT2D eigenvalue weighted by Gasteiger charge is -2.14. The Morgan fingerprint density at radius 1 is 1.50 bits per heavy atom. The molecule has 3 N–H and O–H groups in total. The van der Waals surface area contributed by atoms with Crippen LogP contribution in [-0.4, -0.2) is 37.4 Å². The monoisotopic (exact) mass is 277 g/mol. The first kappa shape index (κ1) is 14.7. The van der Waals surface area contributed by atoms with Gasteiger partial charge in [-0.2, -0.15) is 0 Å². The smallest absolute Gasteiger partial charge is 0.319 e. The number of carbonyl (C=O) groups excluding carboxylic acids is 1. The molecule has 2 rings (SSSR count). The molecule has 1 aromatic rings. The van der Waals surface area contributed by atoms with Gasteiger partial charge in [0.2, 0.25) is 0 Å². The predicted molar refractivity (Wildman–Crippen MR) is 81.4 cm³/mol. The molecule has 0 aliphatic carbocycles. The Balaban J connectivity index is 1.87. The molecule has 1 unspecified atom stereocenters. The number of benzene rings is 1. The molecule has 1 aliphatic rings. The number of aliphatic hydroxyl groups is 1. The number of carbonyl (C=O) groups is 1. The fraction of sp³-hybridized carbons (Fsp3) is 0.533. The van der Waals surface area contributed by atoms with Crippen LogP contribution in [0.3, 0.4) is 0 Å². The first-order valence-electron chi connectivity index (χ1n) is 7.17. The van der Waals surface area contributed by atoms with Crippen molar-refractivity contribution < 1.29 is 9.90 Å². The topological polar surface area (TPSA) is 64.6 Å². The van der Waals surface area contributed by atoms with E-state index in [1.165, 1.54) is 11.3 Å². The second kappa shape index (κ2) is 6.61. The highest BCUT2D eigenvalue weighted by molar-refractivity contribution is 5.90. The largest absolute Gasteiger partial charge is 0.391 e. The van der Waals surface area contributed by atoms with E-state index >= 15 is 0 Å². The highest BCUT2D eigenvalue weighted by atomic mass is 16.3. The molecule has 5 heteroatoms. The second-order valence-corrected chi connectivity index (χ2v) is 5.29. The van der Waals surface area contributed by atoms with Crippen LogP contribution < -0.4 is 15.5 Å². The summed E-state index contributed by atoms with van der Waals surface area (Å²) in [4.78, 5) is 13.9. The molecule has 0 bridgehead atoms. The van der Waals surface area contributed by atoms with Gasteiger partial charge in [0.25, 0.3) is 0 Å². The van der Waals surface area contributed by atoms with Crippen LogP contribution in [-0.2, 0) is 6.42 Å². The molecule has 110 valence electrons. The number of likely N-dealkylation sites (N-methyl/N-ethyl adjacent to an activating group) is 1. The van der Waals surface area contributed by atoms with Crippen molar-refractivity contribution in [3.8, 4) is 0 Å². The van der Waals surface area contributed by atoms with Crippen LogP contribution in [0.1, 0.15) is 25.3 Å². The van der Waals surface area contributed by atoms with E-state index in [4.69, 9.17) is 0 Å². The van der Waals surface area contributed by atoms with Crippen LogP contribution >= 0.6 is 0 Å². The zero-order valence-corrected chi connectivity index (χ0v) is 12.1. The molecular weight excluding hydrogens is 254 g/mol. The summed E-state index contributed by atoms with van der Waals surface area (Å²) < 4.78 is 0. The van der Waals surface area contributed by atoms with Gasteiger partial charge in [0.1, 0.15) is 0 Å². The zero-order valence-electron chi connectivity index (χ0n) is 12.1. The number of anilines is 2. The van der Waals surface area contributed by atoms with Gasteiger partial charge in [-0.15, -0.1) is 0 Å². The maximum Gasteiger partial charge on any atom is 0.319 e. The average molecular weight is 277 g/mol. The van der Waals surface area contributed by atoms with Crippen molar-refractivity contribution in [2.24, 2.45) is 0 Å². The van der Waals surface area contributed by atoms with Crippen LogP contribution in [0, 0.1) is 0 Å². The Hall–Kier alpha value is -1.75. The van der Waals surface area contributed by atoms with Gasteiger partial charge in [0, 0.05) is 31.5 Å². The molecule has 2 amide bonds. The minimum atomic E-state index is -0.475. The van der Waals surface area contributed by atoms with Gasteiger partial charge in [0.15, 0.2) is 0 Å². The third-order valence-corrected chi connectivity index (χ3v) is 3.59. The van der Waals surface area contributed by atoms with Crippen LogP contribution in [0.25, 0.3) is 0 Å². The molecule has 0 fully saturated rings. The number of rotatable bonds is 5. The minimum Gasteiger partial charge on any atom is -0.391 e. The highest BCUT2D eigenvalue weighted by Crippen LogP contribution is 2.29. The number of aliphatic hydroxyl groups excluding tert-OH is 1. The van der Waals surface area contributed by atoms with Gasteiger partial charge in [0.05, 0.1) is 6.10 Å². The SMILES string of the molecule is CCCC(O)CNC(=O)Nc1ccc2c(c1)N(C)CC2. The molecule has 5 nitrogen and oxygen atoms in total. The number of fused-ring (bicyclic) bond motifs is 1. The van der Waals surface area contributed by atoms with E-state index in [1.807, 2.05) is 19.1 Å². The Morgan fingerprint density at radius 2 is 2.30 bits per heavy atom. The standard InChI is InChI=1S/C15H23N3O2/c1-3-4-13(19)10-16-15(20)17-12-6-5-11-7-8-18(2)14(11)9-12/h5-6,9,13,19H,3-4,7-8,10H2,1-2H3,(H2,16,17,20). The average Bonchev–Trinajstić information content (AvgIpc) is 2.78. The maximum atomic E-state index is 11.8. The van der Waals surface area contributed by atoms with Crippen molar-refractivity contribution in [2.45, 2.75) is 32.3 Å². The number of hydrogen-bond acceptors (Lipinski definition) is 3. The lowest BCUT2D eigenvalue weighted by molar-refractivity contribution is 0.162. The van der Waals surface area contributed by atoms with E-state index in [0.29, 0.717) is 6.42 Å². The molecule has 0 saturated carbocycles. The van der Waals surface area contributed by atoms with Crippen molar-refractivity contribution in [3.05, 3.63) is 23.8 Å². The van der Waals surface area contributed by atoms with Gasteiger partial charge in [-0.1, -0.05) is 19.4 Å². The summed E-state index contributed by atoms with van der Waals surface area (Å²) in [5, 5.41) is 15.1. The summed E-state index contributed by atoms with van der Waals surface area (Å²) in [7, 11) is 2.05. The third-order valence-electron chi connectivity index (χ3n) is 3.59. The number of hydrogen-bond donors (Lipinski definition) is 3. The highest BCUT2D eigenvalue weighted by Gasteiger charge is 2.16. The van der Waals surface area contributed by atoms with Gasteiger partial charge < -0.3 is 20.6 Å². The molecule has 0 radical (unpaired) electrons. The quantitative estimate of drug-likeness (QED) is 0.771. The normalized spacial score (nSPS) is 14.8. The Morgan fingerprint density at radius 3 is 3.05 bits per heavy atom. The fourth-order valence-electron chi connectivity index (χ4n) is 2.44. The van der Waals surface area contributed by atoms with Gasteiger partial charge in [-0.25, -0.2) is 4.79 Å². The fourth-order valence-corrected chi connectivity index (χ4v) is 2.44. The minimum absolute atomic E-state index is 0.277. The predicted octanol–water partition coefficient (Wildman–Crippen LogP) is 1.96. The summed E-state index contributed by atoms with van der Waals surface area (Å²) in [5.41, 5.74) is 3.27. The van der Waals surface area contributed by atoms with Crippen LogP contribution in [0.4, 0.5) is 16.2 Å². The van der Waals surface area contributed by atoms with Gasteiger partial charge in [-0.3, -0.25) is 0 Å². The molecule has 1 atom stereocenters. The van der Waals surface area contributed by atoms with Crippen molar-refractivity contribution in [3.63, 3.8) is 0 Å². The summed E-state index contributed by atoms with van der Waals surface area (Å²) in [5.74, 6) is 0. The lowest BCUT2D eigenvalue weighted by atomic mass is 10.1. The number of nitrogens with one attached hydrogen (secondary N) is 2. The number of nitrogens with zero attached hydrogens (tertiary/aromatic N) is 1. The van der Waals surface area contributed by atoms with Crippen molar-refractivity contribution in [2.75, 3.05) is 30.4 Å². The molecule has 1 heterocycles. The summed E-state index contributed by atoms with van der Waals surface area (Å²) in [6.45, 7) is 3.31. The van der Waals surface area contributed by atoms with Crippen molar-refractivity contribution >= 4 is 17.4 Å². The van der Waals surface area contributed by atoms with E-state index in [-0.39, 0.29) is 12.6 Å². The van der Waals surface area contributed by atoms with Gasteiger partial charge in [-0.05, 0) is 30.5 Å². The number of amides is 2. The van der Waals surface area contributed by atoms with E-state index in [1.54, 1.807) is 0 Å². The third kappa shape index (κ3) is 3.63. The summed E-state index contributed by atoms with van der Waals surface area (Å²) >= 11 is 0. The second-order valence-electron chi connectivity index (χ2n) is 5.29. The Bertz CT molecular complexity index is 476. The molecule has 0 spiro atoms. The lowest BCUT2D eigenvalue weighted by Crippen LogP contribution is -2.35.